The summed E-state index contributed by atoms with van der Waals surface area (Å²) in [5.74, 6) is -2.72. The molecule has 2 atom stereocenters. The van der Waals surface area contributed by atoms with E-state index in [1.165, 1.54) is 12.1 Å². The van der Waals surface area contributed by atoms with Crippen molar-refractivity contribution < 1.29 is 36.7 Å². The number of benzene rings is 1. The Labute approximate surface area is 222 Å². The molecule has 0 saturated carbocycles. The molecule has 9 nitrogen and oxygen atoms in total. The first kappa shape index (κ1) is 27.9. The van der Waals surface area contributed by atoms with Gasteiger partial charge >= 0.3 is 18.2 Å². The summed E-state index contributed by atoms with van der Waals surface area (Å²) in [5, 5.41) is 4.38. The number of anilines is 2. The molecule has 1 unspecified atom stereocenters. The van der Waals surface area contributed by atoms with Crippen LogP contribution in [0.4, 0.5) is 33.7 Å². The molecule has 1 aromatic rings. The molecule has 2 heterocycles. The Bertz CT molecular complexity index is 957. The van der Waals surface area contributed by atoms with Crippen molar-refractivity contribution in [2.24, 2.45) is 0 Å². The third kappa shape index (κ3) is 6.98. The first-order valence-electron chi connectivity index (χ1n) is 10.2. The Hall–Kier alpha value is -1.65. The van der Waals surface area contributed by atoms with Crippen LogP contribution in [0, 0.1) is 5.82 Å². The molecule has 1 aromatic carbocycles. The number of hydrogen-bond acceptors (Lipinski definition) is 6. The number of carbonyl (C=O) groups is 3. The third-order valence-corrected chi connectivity index (χ3v) is 6.72. The highest BCUT2D eigenvalue weighted by atomic mass is 80.0. The number of hydrogen-bond donors (Lipinski definition) is 2. The van der Waals surface area contributed by atoms with Crippen LogP contribution < -0.4 is 20.4 Å². The fourth-order valence-corrected chi connectivity index (χ4v) is 5.02. The van der Waals surface area contributed by atoms with Gasteiger partial charge in [0.05, 0.1) is 24.5 Å². The lowest BCUT2D eigenvalue weighted by Crippen LogP contribution is -2.59. The maximum Gasteiger partial charge on any atom is 0.471 e. The highest BCUT2D eigenvalue weighted by Gasteiger charge is 2.40. The van der Waals surface area contributed by atoms with E-state index in [1.54, 1.807) is 5.32 Å². The number of cyclic esters (lactones) is 1. The Morgan fingerprint density at radius 2 is 1.86 bits per heavy atom. The molecule has 16 heteroatoms. The molecule has 194 valence electrons. The number of nitrogens with zero attached hydrogens (tertiary/aromatic N) is 3. The van der Waals surface area contributed by atoms with Crippen molar-refractivity contribution in [3.63, 3.8) is 0 Å². The molecular weight excluding hydrogens is 678 g/mol. The largest absolute Gasteiger partial charge is 0.471 e. The zero-order chi connectivity index (χ0) is 26.0. The van der Waals surface area contributed by atoms with Gasteiger partial charge in [0.1, 0.15) is 18.1 Å². The lowest BCUT2D eigenvalue weighted by molar-refractivity contribution is -0.173. The molecule has 2 N–H and O–H groups in total. The van der Waals surface area contributed by atoms with Gasteiger partial charge in [0.15, 0.2) is 2.14 Å². The minimum absolute atomic E-state index is 0.146. The highest BCUT2D eigenvalue weighted by molar-refractivity contribution is 9.39. The monoisotopic (exact) mass is 695 g/mol. The van der Waals surface area contributed by atoms with Gasteiger partial charge in [-0.05, 0) is 18.2 Å². The molecule has 35 heavy (non-hydrogen) atoms. The van der Waals surface area contributed by atoms with Gasteiger partial charge in [-0.25, -0.2) is 9.18 Å². The average Bonchev–Trinajstić information content (AvgIpc) is 3.15. The summed E-state index contributed by atoms with van der Waals surface area (Å²) in [6, 6.07) is 4.17. The van der Waals surface area contributed by atoms with Crippen molar-refractivity contribution >= 4 is 77.6 Å². The standard InChI is InChI=1S/C19H20Br3F4N5O4/c20-18(21,22)15(28-10-32)30-5-3-29(4-6-30)14-2-1-11(7-13(14)23)31-9-12(35-17(31)34)8-27-16(33)19(24,25)26/h1-2,7,10,12,15H,3-6,8-9H2,(H,27,33)(H,28,32)/t12-,15?/m0/s1. The number of amides is 3. The van der Waals surface area contributed by atoms with Gasteiger partial charge in [-0.2, -0.15) is 13.2 Å². The maximum absolute atomic E-state index is 15.0. The molecule has 2 fully saturated rings. The predicted octanol–water partition coefficient (Wildman–Crippen LogP) is 2.86. The molecule has 2 aliphatic rings. The summed E-state index contributed by atoms with van der Waals surface area (Å²) in [6.45, 7) is 1.28. The molecule has 0 radical (unpaired) electrons. The molecule has 3 amide bonds. The number of nitrogens with one attached hydrogen (secondary N) is 2. The van der Waals surface area contributed by atoms with Crippen molar-refractivity contribution in [2.75, 3.05) is 49.1 Å². The zero-order valence-corrected chi connectivity index (χ0v) is 22.6. The van der Waals surface area contributed by atoms with E-state index in [-0.39, 0.29) is 12.2 Å². The van der Waals surface area contributed by atoms with Crippen LogP contribution in [0.1, 0.15) is 0 Å². The number of carbonyl (C=O) groups excluding carboxylic acids is 3. The van der Waals surface area contributed by atoms with E-state index in [1.807, 2.05) is 9.80 Å². The first-order chi connectivity index (χ1) is 16.3. The van der Waals surface area contributed by atoms with Crippen LogP contribution in [0.2, 0.25) is 0 Å². The second-order valence-electron chi connectivity index (χ2n) is 7.71. The van der Waals surface area contributed by atoms with Crippen molar-refractivity contribution in [3.05, 3.63) is 24.0 Å². The van der Waals surface area contributed by atoms with Crippen LogP contribution in [0.5, 0.6) is 0 Å². The van der Waals surface area contributed by atoms with Crippen molar-refractivity contribution in [2.45, 2.75) is 20.6 Å². The van der Waals surface area contributed by atoms with Gasteiger partial charge in [-0.1, -0.05) is 47.8 Å². The maximum atomic E-state index is 15.0. The van der Waals surface area contributed by atoms with Crippen LogP contribution in [-0.2, 0) is 14.3 Å². The molecule has 0 spiro atoms. The zero-order valence-electron chi connectivity index (χ0n) is 17.8. The minimum Gasteiger partial charge on any atom is -0.442 e. The van der Waals surface area contributed by atoms with Gasteiger partial charge in [0, 0.05) is 26.2 Å². The van der Waals surface area contributed by atoms with Crippen LogP contribution in [0.3, 0.4) is 0 Å². The van der Waals surface area contributed by atoms with Crippen molar-refractivity contribution in [3.8, 4) is 0 Å². The number of rotatable bonds is 7. The SMILES string of the molecule is O=CNC(N1CCN(c2ccc(N3C[C@H](CNC(=O)C(F)(F)F)OC3=O)cc2F)CC1)C(Br)(Br)Br. The second kappa shape index (κ2) is 11.2. The number of alkyl halides is 6. The van der Waals surface area contributed by atoms with Gasteiger partial charge < -0.3 is 20.3 Å². The smallest absolute Gasteiger partial charge is 0.442 e. The summed E-state index contributed by atoms with van der Waals surface area (Å²) in [5.41, 5.74) is 0.495. The predicted molar refractivity (Wildman–Crippen MR) is 129 cm³/mol. The molecular formula is C19H20Br3F4N5O4. The first-order valence-corrected chi connectivity index (χ1v) is 12.6. The molecule has 2 saturated heterocycles. The highest BCUT2D eigenvalue weighted by Crippen LogP contribution is 2.39. The number of halogens is 7. The van der Waals surface area contributed by atoms with E-state index >= 15 is 0 Å². The summed E-state index contributed by atoms with van der Waals surface area (Å²) in [6.07, 6.45) is -6.73. The van der Waals surface area contributed by atoms with Crippen molar-refractivity contribution in [1.29, 1.82) is 0 Å². The Morgan fingerprint density at radius 1 is 1.20 bits per heavy atom. The summed E-state index contributed by atoms with van der Waals surface area (Å²) >= 11 is 10.2. The third-order valence-electron chi connectivity index (χ3n) is 5.42. The van der Waals surface area contributed by atoms with E-state index < -0.39 is 45.0 Å². The van der Waals surface area contributed by atoms with Crippen LogP contribution in [0.25, 0.3) is 0 Å². The number of piperazine rings is 1. The lowest BCUT2D eigenvalue weighted by Gasteiger charge is -2.42. The molecule has 0 aliphatic carbocycles. The summed E-state index contributed by atoms with van der Waals surface area (Å²) in [7, 11) is 0. The molecule has 0 aromatic heterocycles. The molecule has 3 rings (SSSR count). The fourth-order valence-electron chi connectivity index (χ4n) is 3.76. The van der Waals surface area contributed by atoms with Crippen molar-refractivity contribution in [1.82, 2.24) is 15.5 Å². The van der Waals surface area contributed by atoms with Crippen LogP contribution >= 0.6 is 47.8 Å². The van der Waals surface area contributed by atoms with Gasteiger partial charge in [-0.3, -0.25) is 19.4 Å². The Kier molecular flexibility index (Phi) is 8.91. The molecule has 2 aliphatic heterocycles. The van der Waals surface area contributed by atoms with Crippen LogP contribution in [0.15, 0.2) is 18.2 Å². The van der Waals surface area contributed by atoms with Gasteiger partial charge in [0.2, 0.25) is 6.41 Å². The molecule has 0 bridgehead atoms. The minimum atomic E-state index is -5.04. The fraction of sp³-hybridized carbons (Fsp3) is 0.526. The van der Waals surface area contributed by atoms with E-state index in [9.17, 15) is 31.9 Å². The van der Waals surface area contributed by atoms with Crippen LogP contribution in [-0.4, -0.2) is 83.2 Å². The number of ether oxygens (including phenoxy) is 1. The van der Waals surface area contributed by atoms with Gasteiger partial charge in [-0.15, -0.1) is 0 Å². The Morgan fingerprint density at radius 3 is 2.40 bits per heavy atom. The van der Waals surface area contributed by atoms with E-state index in [0.29, 0.717) is 38.3 Å². The quantitative estimate of drug-likeness (QED) is 0.259. The summed E-state index contributed by atoms with van der Waals surface area (Å²) in [4.78, 5) is 39.0. The van der Waals surface area contributed by atoms with E-state index in [4.69, 9.17) is 4.74 Å². The van der Waals surface area contributed by atoms with Gasteiger partial charge in [0.25, 0.3) is 0 Å². The summed E-state index contributed by atoms with van der Waals surface area (Å²) < 4.78 is 56.2. The Balaban J connectivity index is 1.61. The van der Waals surface area contributed by atoms with E-state index in [2.05, 4.69) is 53.1 Å². The normalized spacial score (nSPS) is 20.4. The second-order valence-corrected chi connectivity index (χ2v) is 14.7. The van der Waals surface area contributed by atoms with E-state index in [0.717, 1.165) is 11.0 Å². The average molecular weight is 698 g/mol. The topological polar surface area (TPSA) is 94.2 Å². The lowest BCUT2D eigenvalue weighted by atomic mass is 10.2.